The van der Waals surface area contributed by atoms with Crippen LogP contribution in [0, 0.1) is 11.3 Å². The summed E-state index contributed by atoms with van der Waals surface area (Å²) in [4.78, 5) is 2.33. The molecule has 1 aliphatic rings. The molecule has 0 aromatic heterocycles. The first-order chi connectivity index (χ1) is 7.22. The standard InChI is InChI=1S/C12H15N3/c1-9-3-2-6-15(9)11-4-5-12(14)10(7-11)8-13/h4-5,7,9H,2-3,6,14H2,1H3/t9-/m0/s1. The summed E-state index contributed by atoms with van der Waals surface area (Å²) < 4.78 is 0. The number of hydrogen-bond donors (Lipinski definition) is 1. The van der Waals surface area contributed by atoms with Crippen LogP contribution in [0.1, 0.15) is 25.3 Å². The van der Waals surface area contributed by atoms with Crippen molar-refractivity contribution in [2.24, 2.45) is 0 Å². The Balaban J connectivity index is 2.33. The topological polar surface area (TPSA) is 53.0 Å². The molecule has 1 saturated heterocycles. The maximum atomic E-state index is 8.90. The SMILES string of the molecule is C[C@H]1CCCN1c1ccc(N)c(C#N)c1. The molecule has 1 fully saturated rings. The van der Waals surface area contributed by atoms with Gasteiger partial charge in [-0.2, -0.15) is 5.26 Å². The van der Waals surface area contributed by atoms with Gasteiger partial charge in [0.25, 0.3) is 0 Å². The van der Waals surface area contributed by atoms with Gasteiger partial charge in [0.2, 0.25) is 0 Å². The summed E-state index contributed by atoms with van der Waals surface area (Å²) in [5, 5.41) is 8.90. The van der Waals surface area contributed by atoms with Crippen LogP contribution in [0.15, 0.2) is 18.2 Å². The number of benzene rings is 1. The van der Waals surface area contributed by atoms with Gasteiger partial charge >= 0.3 is 0 Å². The van der Waals surface area contributed by atoms with E-state index in [-0.39, 0.29) is 0 Å². The van der Waals surface area contributed by atoms with Crippen LogP contribution in [0.5, 0.6) is 0 Å². The highest BCUT2D eigenvalue weighted by Gasteiger charge is 2.20. The molecule has 15 heavy (non-hydrogen) atoms. The molecule has 0 saturated carbocycles. The highest BCUT2D eigenvalue weighted by Crippen LogP contribution is 2.27. The second-order valence-corrected chi connectivity index (χ2v) is 4.07. The fourth-order valence-corrected chi connectivity index (χ4v) is 2.14. The van der Waals surface area contributed by atoms with Crippen LogP contribution in [0.4, 0.5) is 11.4 Å². The van der Waals surface area contributed by atoms with E-state index in [9.17, 15) is 0 Å². The van der Waals surface area contributed by atoms with Crippen molar-refractivity contribution in [3.8, 4) is 6.07 Å². The molecule has 0 unspecified atom stereocenters. The van der Waals surface area contributed by atoms with E-state index in [2.05, 4.69) is 17.9 Å². The molecule has 1 heterocycles. The van der Waals surface area contributed by atoms with Crippen molar-refractivity contribution in [2.45, 2.75) is 25.8 Å². The fraction of sp³-hybridized carbons (Fsp3) is 0.417. The smallest absolute Gasteiger partial charge is 0.101 e. The lowest BCUT2D eigenvalue weighted by molar-refractivity contribution is 0.735. The summed E-state index contributed by atoms with van der Waals surface area (Å²) in [7, 11) is 0. The number of hydrogen-bond acceptors (Lipinski definition) is 3. The lowest BCUT2D eigenvalue weighted by Gasteiger charge is -2.24. The van der Waals surface area contributed by atoms with E-state index < -0.39 is 0 Å². The zero-order chi connectivity index (χ0) is 10.8. The maximum absolute atomic E-state index is 8.90. The quantitative estimate of drug-likeness (QED) is 0.708. The summed E-state index contributed by atoms with van der Waals surface area (Å²) in [6.45, 7) is 3.30. The molecular weight excluding hydrogens is 186 g/mol. The van der Waals surface area contributed by atoms with Crippen molar-refractivity contribution in [1.29, 1.82) is 5.26 Å². The van der Waals surface area contributed by atoms with Crippen molar-refractivity contribution < 1.29 is 0 Å². The van der Waals surface area contributed by atoms with E-state index in [1.807, 2.05) is 18.2 Å². The summed E-state index contributed by atoms with van der Waals surface area (Å²) >= 11 is 0. The molecule has 0 aliphatic carbocycles. The number of nitrogens with two attached hydrogens (primary N) is 1. The monoisotopic (exact) mass is 201 g/mol. The number of nitrogen functional groups attached to an aromatic ring is 1. The van der Waals surface area contributed by atoms with Gasteiger partial charge in [-0.15, -0.1) is 0 Å². The van der Waals surface area contributed by atoms with E-state index in [1.54, 1.807) is 0 Å². The maximum Gasteiger partial charge on any atom is 0.101 e. The molecule has 1 atom stereocenters. The van der Waals surface area contributed by atoms with Crippen LogP contribution in [-0.4, -0.2) is 12.6 Å². The number of nitrogens with zero attached hydrogens (tertiary/aromatic N) is 2. The summed E-state index contributed by atoms with van der Waals surface area (Å²) in [6.07, 6.45) is 2.46. The number of anilines is 2. The normalized spacial score (nSPS) is 20.3. The molecule has 0 amide bonds. The minimum Gasteiger partial charge on any atom is -0.398 e. The van der Waals surface area contributed by atoms with Gasteiger partial charge in [0.05, 0.1) is 5.56 Å². The minimum absolute atomic E-state index is 0.563. The second-order valence-electron chi connectivity index (χ2n) is 4.07. The van der Waals surface area contributed by atoms with Crippen molar-refractivity contribution in [3.63, 3.8) is 0 Å². The zero-order valence-electron chi connectivity index (χ0n) is 8.90. The van der Waals surface area contributed by atoms with Crippen molar-refractivity contribution >= 4 is 11.4 Å². The van der Waals surface area contributed by atoms with E-state index in [4.69, 9.17) is 11.0 Å². The average Bonchev–Trinajstić information content (AvgIpc) is 2.65. The second kappa shape index (κ2) is 3.82. The molecule has 0 radical (unpaired) electrons. The number of nitriles is 1. The Hall–Kier alpha value is -1.69. The van der Waals surface area contributed by atoms with Gasteiger partial charge in [-0.1, -0.05) is 0 Å². The third-order valence-corrected chi connectivity index (χ3v) is 3.04. The third-order valence-electron chi connectivity index (χ3n) is 3.04. The molecule has 2 N–H and O–H groups in total. The van der Waals surface area contributed by atoms with Crippen molar-refractivity contribution in [2.75, 3.05) is 17.2 Å². The Kier molecular flexibility index (Phi) is 2.51. The van der Waals surface area contributed by atoms with Crippen LogP contribution >= 0.6 is 0 Å². The van der Waals surface area contributed by atoms with Gasteiger partial charge in [0, 0.05) is 24.0 Å². The van der Waals surface area contributed by atoms with Gasteiger partial charge in [-0.3, -0.25) is 0 Å². The first kappa shape index (κ1) is 9.85. The van der Waals surface area contributed by atoms with Crippen LogP contribution in [0.2, 0.25) is 0 Å². The fourth-order valence-electron chi connectivity index (χ4n) is 2.14. The Morgan fingerprint density at radius 2 is 2.33 bits per heavy atom. The van der Waals surface area contributed by atoms with Gasteiger partial charge in [0.15, 0.2) is 0 Å². The lowest BCUT2D eigenvalue weighted by Crippen LogP contribution is -2.26. The van der Waals surface area contributed by atoms with E-state index in [0.29, 0.717) is 17.3 Å². The Morgan fingerprint density at radius 3 is 2.93 bits per heavy atom. The average molecular weight is 201 g/mol. The van der Waals surface area contributed by atoms with E-state index >= 15 is 0 Å². The van der Waals surface area contributed by atoms with Gasteiger partial charge < -0.3 is 10.6 Å². The predicted octanol–water partition coefficient (Wildman–Crippen LogP) is 2.13. The third kappa shape index (κ3) is 1.75. The summed E-state index contributed by atoms with van der Waals surface area (Å²) in [6, 6.07) is 8.39. The molecule has 78 valence electrons. The summed E-state index contributed by atoms with van der Waals surface area (Å²) in [5.74, 6) is 0. The van der Waals surface area contributed by atoms with Crippen LogP contribution in [-0.2, 0) is 0 Å². The Labute approximate surface area is 90.1 Å². The van der Waals surface area contributed by atoms with Crippen molar-refractivity contribution in [3.05, 3.63) is 23.8 Å². The Morgan fingerprint density at radius 1 is 1.53 bits per heavy atom. The summed E-state index contributed by atoms with van der Waals surface area (Å²) in [5.41, 5.74) is 7.95. The highest BCUT2D eigenvalue weighted by molar-refractivity contribution is 5.63. The minimum atomic E-state index is 0.563. The molecule has 3 heteroatoms. The number of rotatable bonds is 1. The zero-order valence-corrected chi connectivity index (χ0v) is 8.90. The van der Waals surface area contributed by atoms with E-state index in [1.165, 1.54) is 12.8 Å². The molecular formula is C12H15N3. The molecule has 2 rings (SSSR count). The van der Waals surface area contributed by atoms with Crippen LogP contribution in [0.25, 0.3) is 0 Å². The van der Waals surface area contributed by atoms with Gasteiger partial charge in [-0.05, 0) is 38.0 Å². The molecule has 1 aromatic carbocycles. The highest BCUT2D eigenvalue weighted by atomic mass is 15.2. The Bertz CT molecular complexity index is 406. The first-order valence-electron chi connectivity index (χ1n) is 5.28. The largest absolute Gasteiger partial charge is 0.398 e. The van der Waals surface area contributed by atoms with Crippen LogP contribution < -0.4 is 10.6 Å². The molecule has 0 spiro atoms. The van der Waals surface area contributed by atoms with Crippen LogP contribution in [0.3, 0.4) is 0 Å². The van der Waals surface area contributed by atoms with Gasteiger partial charge in [0.1, 0.15) is 6.07 Å². The predicted molar refractivity (Wildman–Crippen MR) is 61.6 cm³/mol. The first-order valence-corrected chi connectivity index (χ1v) is 5.28. The van der Waals surface area contributed by atoms with Crippen molar-refractivity contribution in [1.82, 2.24) is 0 Å². The molecule has 1 aromatic rings. The molecule has 1 aliphatic heterocycles. The lowest BCUT2D eigenvalue weighted by atomic mass is 10.1. The molecule has 3 nitrogen and oxygen atoms in total. The van der Waals surface area contributed by atoms with E-state index in [0.717, 1.165) is 12.2 Å². The molecule has 0 bridgehead atoms. The van der Waals surface area contributed by atoms with Gasteiger partial charge in [-0.25, -0.2) is 0 Å².